The van der Waals surface area contributed by atoms with Crippen LogP contribution in [0.5, 0.6) is 0 Å². The van der Waals surface area contributed by atoms with E-state index in [4.69, 9.17) is 14.6 Å². The summed E-state index contributed by atoms with van der Waals surface area (Å²) in [7, 11) is 0. The SMILES string of the molecule is CCC(C)C(=O)CNC(=O)CNC(COC(C)(C)CC)COC(C)(C)CCO. The highest BCUT2D eigenvalue weighted by Gasteiger charge is 2.23. The van der Waals surface area contributed by atoms with Crippen molar-refractivity contribution in [2.24, 2.45) is 5.92 Å². The lowest BCUT2D eigenvalue weighted by molar-refractivity contribution is -0.126. The van der Waals surface area contributed by atoms with Crippen molar-refractivity contribution in [3.63, 3.8) is 0 Å². The van der Waals surface area contributed by atoms with Crippen LogP contribution in [0.25, 0.3) is 0 Å². The summed E-state index contributed by atoms with van der Waals surface area (Å²) >= 11 is 0. The van der Waals surface area contributed by atoms with Gasteiger partial charge in [0.25, 0.3) is 0 Å². The normalized spacial score (nSPS) is 14.6. The van der Waals surface area contributed by atoms with Crippen LogP contribution in [0.4, 0.5) is 0 Å². The Hall–Kier alpha value is -1.02. The topological polar surface area (TPSA) is 96.9 Å². The van der Waals surface area contributed by atoms with Gasteiger partial charge in [0.2, 0.25) is 5.91 Å². The van der Waals surface area contributed by atoms with E-state index in [1.165, 1.54) is 0 Å². The van der Waals surface area contributed by atoms with Gasteiger partial charge in [-0.05, 0) is 47.0 Å². The number of Topliss-reactive ketones (excluding diaryl/α,β-unsaturated/α-hetero) is 1. The second-order valence-electron chi connectivity index (χ2n) is 8.60. The molecule has 1 amide bonds. The van der Waals surface area contributed by atoms with E-state index in [0.717, 1.165) is 12.8 Å². The third kappa shape index (κ3) is 12.4. The quantitative estimate of drug-likeness (QED) is 0.366. The molecular weight excluding hydrogens is 360 g/mol. The maximum absolute atomic E-state index is 12.1. The number of carbonyl (C=O) groups is 2. The highest BCUT2D eigenvalue weighted by Crippen LogP contribution is 2.16. The second kappa shape index (κ2) is 13.2. The van der Waals surface area contributed by atoms with Crippen LogP contribution in [0.15, 0.2) is 0 Å². The number of carbonyl (C=O) groups excluding carboxylic acids is 2. The fourth-order valence-corrected chi connectivity index (χ4v) is 2.15. The van der Waals surface area contributed by atoms with Crippen LogP contribution in [0.3, 0.4) is 0 Å². The zero-order valence-electron chi connectivity index (χ0n) is 18.9. The molecular formula is C21H42N2O5. The first-order valence-electron chi connectivity index (χ1n) is 10.4. The molecule has 0 aromatic carbocycles. The Morgan fingerprint density at radius 3 is 2.07 bits per heavy atom. The van der Waals surface area contributed by atoms with Crippen molar-refractivity contribution in [3.8, 4) is 0 Å². The largest absolute Gasteiger partial charge is 0.396 e. The molecule has 0 spiro atoms. The van der Waals surface area contributed by atoms with Crippen molar-refractivity contribution < 1.29 is 24.2 Å². The highest BCUT2D eigenvalue weighted by atomic mass is 16.5. The van der Waals surface area contributed by atoms with Crippen LogP contribution in [0.2, 0.25) is 0 Å². The first-order valence-corrected chi connectivity index (χ1v) is 10.4. The van der Waals surface area contributed by atoms with Crippen LogP contribution in [0.1, 0.15) is 67.7 Å². The van der Waals surface area contributed by atoms with Gasteiger partial charge in [-0.1, -0.05) is 20.8 Å². The molecule has 0 heterocycles. The Balaban J connectivity index is 4.61. The summed E-state index contributed by atoms with van der Waals surface area (Å²) in [6.07, 6.45) is 2.16. The summed E-state index contributed by atoms with van der Waals surface area (Å²) in [6, 6.07) is -0.181. The zero-order chi connectivity index (χ0) is 21.8. The lowest BCUT2D eigenvalue weighted by Crippen LogP contribution is -2.47. The molecule has 7 heteroatoms. The molecule has 0 aliphatic heterocycles. The fourth-order valence-electron chi connectivity index (χ4n) is 2.15. The number of aliphatic hydroxyl groups excluding tert-OH is 1. The third-order valence-corrected chi connectivity index (χ3v) is 5.09. The van der Waals surface area contributed by atoms with Crippen LogP contribution in [0, 0.1) is 5.92 Å². The van der Waals surface area contributed by atoms with Crippen LogP contribution >= 0.6 is 0 Å². The zero-order valence-corrected chi connectivity index (χ0v) is 18.9. The molecule has 0 aliphatic carbocycles. The fraction of sp³-hybridized carbons (Fsp3) is 0.905. The predicted molar refractivity (Wildman–Crippen MR) is 111 cm³/mol. The molecule has 0 saturated heterocycles. The Labute approximate surface area is 170 Å². The Kier molecular flexibility index (Phi) is 12.8. The molecule has 2 atom stereocenters. The number of hydrogen-bond donors (Lipinski definition) is 3. The summed E-state index contributed by atoms with van der Waals surface area (Å²) in [5, 5.41) is 15.0. The maximum Gasteiger partial charge on any atom is 0.234 e. The van der Waals surface area contributed by atoms with Crippen molar-refractivity contribution in [2.75, 3.05) is 32.9 Å². The number of ether oxygens (including phenoxy) is 2. The molecule has 0 aliphatic rings. The maximum atomic E-state index is 12.1. The van der Waals surface area contributed by atoms with E-state index in [9.17, 15) is 9.59 Å². The molecule has 0 bridgehead atoms. The van der Waals surface area contributed by atoms with E-state index in [0.29, 0.717) is 19.6 Å². The average Bonchev–Trinajstić information content (AvgIpc) is 2.64. The van der Waals surface area contributed by atoms with Gasteiger partial charge < -0.3 is 25.2 Å². The van der Waals surface area contributed by atoms with Crippen LogP contribution in [-0.2, 0) is 19.1 Å². The average molecular weight is 403 g/mol. The number of ketones is 1. The van der Waals surface area contributed by atoms with Crippen LogP contribution in [-0.4, -0.2) is 67.0 Å². The minimum absolute atomic E-state index is 0.0366. The minimum atomic E-state index is -0.458. The van der Waals surface area contributed by atoms with Gasteiger partial charge in [0, 0.05) is 12.5 Å². The molecule has 0 radical (unpaired) electrons. The van der Waals surface area contributed by atoms with E-state index in [-0.39, 0.29) is 48.9 Å². The Morgan fingerprint density at radius 2 is 1.57 bits per heavy atom. The third-order valence-electron chi connectivity index (χ3n) is 5.09. The van der Waals surface area contributed by atoms with Gasteiger partial charge in [-0.15, -0.1) is 0 Å². The van der Waals surface area contributed by atoms with E-state index in [1.807, 2.05) is 41.5 Å². The molecule has 7 nitrogen and oxygen atoms in total. The van der Waals surface area contributed by atoms with Crippen LogP contribution < -0.4 is 10.6 Å². The van der Waals surface area contributed by atoms with Gasteiger partial charge in [-0.2, -0.15) is 0 Å². The van der Waals surface area contributed by atoms with Gasteiger partial charge in [0.15, 0.2) is 5.78 Å². The summed E-state index contributed by atoms with van der Waals surface area (Å²) in [5.41, 5.74) is -0.717. The molecule has 0 rings (SSSR count). The summed E-state index contributed by atoms with van der Waals surface area (Å²) in [5.74, 6) is -0.242. The monoisotopic (exact) mass is 402 g/mol. The van der Waals surface area contributed by atoms with Gasteiger partial charge in [-0.25, -0.2) is 0 Å². The number of amides is 1. The summed E-state index contributed by atoms with van der Waals surface area (Å²) < 4.78 is 11.9. The molecule has 28 heavy (non-hydrogen) atoms. The second-order valence-corrected chi connectivity index (χ2v) is 8.60. The molecule has 166 valence electrons. The first-order chi connectivity index (χ1) is 13.0. The van der Waals surface area contributed by atoms with Gasteiger partial charge in [-0.3, -0.25) is 9.59 Å². The van der Waals surface area contributed by atoms with Gasteiger partial charge in [0.05, 0.1) is 43.5 Å². The number of hydrogen-bond acceptors (Lipinski definition) is 6. The lowest BCUT2D eigenvalue weighted by atomic mass is 10.0. The lowest BCUT2D eigenvalue weighted by Gasteiger charge is -2.30. The highest BCUT2D eigenvalue weighted by molar-refractivity contribution is 5.87. The molecule has 0 aromatic rings. The molecule has 3 N–H and O–H groups in total. The van der Waals surface area contributed by atoms with E-state index >= 15 is 0 Å². The first kappa shape index (κ1) is 27.0. The molecule has 2 unspecified atom stereocenters. The minimum Gasteiger partial charge on any atom is -0.396 e. The molecule has 0 saturated carbocycles. The Morgan fingerprint density at radius 1 is 1.00 bits per heavy atom. The van der Waals surface area contributed by atoms with Crippen molar-refractivity contribution in [3.05, 3.63) is 0 Å². The number of rotatable bonds is 16. The van der Waals surface area contributed by atoms with Crippen molar-refractivity contribution in [1.29, 1.82) is 0 Å². The van der Waals surface area contributed by atoms with E-state index < -0.39 is 5.60 Å². The Bertz CT molecular complexity index is 466. The van der Waals surface area contributed by atoms with Gasteiger partial charge >= 0.3 is 0 Å². The van der Waals surface area contributed by atoms with E-state index in [2.05, 4.69) is 17.6 Å². The number of aliphatic hydroxyl groups is 1. The van der Waals surface area contributed by atoms with Gasteiger partial charge in [0.1, 0.15) is 0 Å². The van der Waals surface area contributed by atoms with Crippen molar-refractivity contribution in [1.82, 2.24) is 10.6 Å². The van der Waals surface area contributed by atoms with Crippen molar-refractivity contribution in [2.45, 2.75) is 85.0 Å². The molecule has 0 fully saturated rings. The van der Waals surface area contributed by atoms with Crippen molar-refractivity contribution >= 4 is 11.7 Å². The summed E-state index contributed by atoms with van der Waals surface area (Å²) in [6.45, 7) is 14.7. The number of nitrogens with one attached hydrogen (secondary N) is 2. The summed E-state index contributed by atoms with van der Waals surface area (Å²) in [4.78, 5) is 23.9. The standard InChI is InChI=1S/C21H42N2O5/c1-8-16(3)18(25)12-23-19(26)13-22-17(14-27-20(4,5)9-2)15-28-21(6,7)10-11-24/h16-17,22,24H,8-15H2,1-7H3,(H,23,26). The van der Waals surface area contributed by atoms with E-state index in [1.54, 1.807) is 0 Å². The molecule has 0 aromatic heterocycles. The smallest absolute Gasteiger partial charge is 0.234 e. The predicted octanol–water partition coefficient (Wildman–Crippen LogP) is 2.06.